The van der Waals surface area contributed by atoms with E-state index >= 15 is 0 Å². The number of fused-ring (bicyclic) bond motifs is 1. The standard InChI is InChI=1S/C17H14ClFN2/c1-20-17(14-7-6-13(18)9-15(14)19)12-8-11-4-2-3-5-16(11)21-10-12/h2-10,17,20H,1H3. The molecule has 0 aliphatic rings. The monoisotopic (exact) mass is 300 g/mol. The van der Waals surface area contributed by atoms with Gasteiger partial charge in [-0.1, -0.05) is 35.9 Å². The van der Waals surface area contributed by atoms with Crippen molar-refractivity contribution in [3.8, 4) is 0 Å². The lowest BCUT2D eigenvalue weighted by Gasteiger charge is -2.18. The average molecular weight is 301 g/mol. The van der Waals surface area contributed by atoms with E-state index < -0.39 is 0 Å². The second-order valence-corrected chi connectivity index (χ2v) is 5.29. The number of benzene rings is 2. The van der Waals surface area contributed by atoms with Crippen LogP contribution in [-0.4, -0.2) is 12.0 Å². The predicted octanol–water partition coefficient (Wildman–Crippen LogP) is 4.34. The molecule has 1 unspecified atom stereocenters. The molecular weight excluding hydrogens is 287 g/mol. The maximum Gasteiger partial charge on any atom is 0.129 e. The Bertz CT molecular complexity index is 789. The Hall–Kier alpha value is -1.97. The van der Waals surface area contributed by atoms with Gasteiger partial charge in [0.15, 0.2) is 0 Å². The van der Waals surface area contributed by atoms with Crippen molar-refractivity contribution in [2.24, 2.45) is 0 Å². The summed E-state index contributed by atoms with van der Waals surface area (Å²) in [5.74, 6) is -0.324. The minimum absolute atomic E-state index is 0.264. The zero-order chi connectivity index (χ0) is 14.8. The summed E-state index contributed by atoms with van der Waals surface area (Å²) in [6, 6.07) is 14.3. The van der Waals surface area contributed by atoms with Crippen molar-refractivity contribution in [3.63, 3.8) is 0 Å². The number of aromatic nitrogens is 1. The first-order valence-electron chi connectivity index (χ1n) is 6.66. The molecule has 1 atom stereocenters. The molecule has 0 saturated carbocycles. The van der Waals surface area contributed by atoms with E-state index in [-0.39, 0.29) is 11.9 Å². The number of nitrogens with one attached hydrogen (secondary N) is 1. The van der Waals surface area contributed by atoms with E-state index in [2.05, 4.69) is 10.3 Å². The largest absolute Gasteiger partial charge is 0.309 e. The first-order chi connectivity index (χ1) is 10.2. The molecule has 1 heterocycles. The number of para-hydroxylation sites is 1. The summed E-state index contributed by atoms with van der Waals surface area (Å²) >= 11 is 5.82. The summed E-state index contributed by atoms with van der Waals surface area (Å²) in [6.07, 6.45) is 1.78. The van der Waals surface area contributed by atoms with Crippen LogP contribution in [0.5, 0.6) is 0 Å². The maximum atomic E-state index is 14.1. The van der Waals surface area contributed by atoms with Gasteiger partial charge < -0.3 is 5.32 Å². The van der Waals surface area contributed by atoms with Crippen molar-refractivity contribution in [2.75, 3.05) is 7.05 Å². The van der Waals surface area contributed by atoms with Gasteiger partial charge in [0.2, 0.25) is 0 Å². The first kappa shape index (κ1) is 14.0. The molecule has 0 bridgehead atoms. The summed E-state index contributed by atoms with van der Waals surface area (Å²) in [4.78, 5) is 4.43. The zero-order valence-corrected chi connectivity index (χ0v) is 12.2. The van der Waals surface area contributed by atoms with Crippen LogP contribution < -0.4 is 5.32 Å². The Morgan fingerprint density at radius 3 is 2.71 bits per heavy atom. The molecule has 4 heteroatoms. The van der Waals surface area contributed by atoms with E-state index in [4.69, 9.17) is 11.6 Å². The normalized spacial score (nSPS) is 12.5. The molecule has 3 aromatic rings. The van der Waals surface area contributed by atoms with Crippen molar-refractivity contribution in [3.05, 3.63) is 76.7 Å². The van der Waals surface area contributed by atoms with Gasteiger partial charge >= 0.3 is 0 Å². The molecule has 0 aliphatic heterocycles. The van der Waals surface area contributed by atoms with Crippen molar-refractivity contribution in [1.82, 2.24) is 10.3 Å². The van der Waals surface area contributed by atoms with Crippen LogP contribution in [0.4, 0.5) is 4.39 Å². The molecule has 21 heavy (non-hydrogen) atoms. The van der Waals surface area contributed by atoms with E-state index in [9.17, 15) is 4.39 Å². The van der Waals surface area contributed by atoms with Gasteiger partial charge in [-0.05, 0) is 36.9 Å². The van der Waals surface area contributed by atoms with Gasteiger partial charge in [0.1, 0.15) is 5.82 Å². The smallest absolute Gasteiger partial charge is 0.129 e. The van der Waals surface area contributed by atoms with Crippen LogP contribution >= 0.6 is 11.6 Å². The van der Waals surface area contributed by atoms with Crippen LogP contribution in [0.25, 0.3) is 10.9 Å². The fraction of sp³-hybridized carbons (Fsp3) is 0.118. The second-order valence-electron chi connectivity index (χ2n) is 4.85. The summed E-state index contributed by atoms with van der Waals surface area (Å²) in [7, 11) is 1.80. The van der Waals surface area contributed by atoms with E-state index in [0.29, 0.717) is 10.6 Å². The quantitative estimate of drug-likeness (QED) is 0.778. The number of rotatable bonds is 3. The number of hydrogen-bond acceptors (Lipinski definition) is 2. The van der Waals surface area contributed by atoms with Gasteiger partial charge in [0.05, 0.1) is 11.6 Å². The van der Waals surface area contributed by atoms with Crippen LogP contribution in [0.3, 0.4) is 0 Å². The lowest BCUT2D eigenvalue weighted by atomic mass is 9.98. The topological polar surface area (TPSA) is 24.9 Å². The molecule has 0 fully saturated rings. The van der Waals surface area contributed by atoms with E-state index in [1.807, 2.05) is 30.3 Å². The van der Waals surface area contributed by atoms with Crippen molar-refractivity contribution in [1.29, 1.82) is 0 Å². The molecule has 1 aromatic heterocycles. The molecule has 2 nitrogen and oxygen atoms in total. The molecule has 0 aliphatic carbocycles. The minimum atomic E-state index is -0.324. The highest BCUT2D eigenvalue weighted by Gasteiger charge is 2.17. The molecule has 0 spiro atoms. The van der Waals surface area contributed by atoms with Crippen molar-refractivity contribution < 1.29 is 4.39 Å². The van der Waals surface area contributed by atoms with E-state index in [0.717, 1.165) is 16.5 Å². The Labute approximate surface area is 127 Å². The summed E-state index contributed by atoms with van der Waals surface area (Å²) in [5.41, 5.74) is 2.39. The Kier molecular flexibility index (Phi) is 3.86. The Balaban J connectivity index is 2.09. The van der Waals surface area contributed by atoms with Crippen LogP contribution in [0.15, 0.2) is 54.7 Å². The highest BCUT2D eigenvalue weighted by atomic mass is 35.5. The van der Waals surface area contributed by atoms with Crippen molar-refractivity contribution >= 4 is 22.5 Å². The molecule has 1 N–H and O–H groups in total. The highest BCUT2D eigenvalue weighted by molar-refractivity contribution is 6.30. The molecule has 0 radical (unpaired) electrons. The molecule has 0 amide bonds. The van der Waals surface area contributed by atoms with Crippen LogP contribution in [0, 0.1) is 5.82 Å². The second kappa shape index (κ2) is 5.80. The third-order valence-electron chi connectivity index (χ3n) is 3.51. The number of hydrogen-bond donors (Lipinski definition) is 1. The van der Waals surface area contributed by atoms with E-state index in [1.54, 1.807) is 25.4 Å². The molecule has 106 valence electrons. The van der Waals surface area contributed by atoms with Crippen LogP contribution in [-0.2, 0) is 0 Å². The summed E-state index contributed by atoms with van der Waals surface area (Å²) in [6.45, 7) is 0. The number of pyridine rings is 1. The van der Waals surface area contributed by atoms with Gasteiger partial charge in [-0.15, -0.1) is 0 Å². The summed E-state index contributed by atoms with van der Waals surface area (Å²) in [5, 5.41) is 4.56. The van der Waals surface area contributed by atoms with Gasteiger partial charge in [-0.25, -0.2) is 4.39 Å². The Morgan fingerprint density at radius 2 is 1.95 bits per heavy atom. The van der Waals surface area contributed by atoms with Gasteiger partial charge in [-0.2, -0.15) is 0 Å². The molecule has 0 saturated heterocycles. The molecule has 2 aromatic carbocycles. The molecular formula is C17H14ClFN2. The number of nitrogens with zero attached hydrogens (tertiary/aromatic N) is 1. The number of halogens is 2. The Morgan fingerprint density at radius 1 is 1.14 bits per heavy atom. The third-order valence-corrected chi connectivity index (χ3v) is 3.74. The van der Waals surface area contributed by atoms with Gasteiger partial charge in [0, 0.05) is 22.2 Å². The fourth-order valence-electron chi connectivity index (χ4n) is 2.48. The average Bonchev–Trinajstić information content (AvgIpc) is 2.50. The first-order valence-corrected chi connectivity index (χ1v) is 7.04. The SMILES string of the molecule is CNC(c1cnc2ccccc2c1)c1ccc(Cl)cc1F. The fourth-order valence-corrected chi connectivity index (χ4v) is 2.64. The van der Waals surface area contributed by atoms with Crippen LogP contribution in [0.2, 0.25) is 5.02 Å². The summed E-state index contributed by atoms with van der Waals surface area (Å²) < 4.78 is 14.1. The van der Waals surface area contributed by atoms with E-state index in [1.165, 1.54) is 6.07 Å². The van der Waals surface area contributed by atoms with Crippen LogP contribution in [0.1, 0.15) is 17.2 Å². The maximum absolute atomic E-state index is 14.1. The predicted molar refractivity (Wildman–Crippen MR) is 84.1 cm³/mol. The molecule has 3 rings (SSSR count). The zero-order valence-electron chi connectivity index (χ0n) is 11.5. The van der Waals surface area contributed by atoms with Gasteiger partial charge in [-0.3, -0.25) is 4.98 Å². The minimum Gasteiger partial charge on any atom is -0.309 e. The lowest BCUT2D eigenvalue weighted by molar-refractivity contribution is 0.576. The van der Waals surface area contributed by atoms with Crippen molar-refractivity contribution in [2.45, 2.75) is 6.04 Å². The lowest BCUT2D eigenvalue weighted by Crippen LogP contribution is -2.19. The third kappa shape index (κ3) is 2.75. The highest BCUT2D eigenvalue weighted by Crippen LogP contribution is 2.27. The van der Waals surface area contributed by atoms with Gasteiger partial charge in [0.25, 0.3) is 0 Å².